The lowest BCUT2D eigenvalue weighted by Gasteiger charge is -2.09. The molecule has 23 heavy (non-hydrogen) atoms. The van der Waals surface area contributed by atoms with Gasteiger partial charge in [-0.15, -0.1) is 0 Å². The van der Waals surface area contributed by atoms with E-state index in [9.17, 15) is 19.1 Å². The van der Waals surface area contributed by atoms with Gasteiger partial charge in [0, 0.05) is 11.8 Å². The number of aliphatic carboxylic acids is 1. The quantitative estimate of drug-likeness (QED) is 0.563. The number of nitrogens with one attached hydrogen (secondary N) is 1. The molecule has 2 rings (SSSR count). The first-order valence-electron chi connectivity index (χ1n) is 6.75. The van der Waals surface area contributed by atoms with E-state index >= 15 is 0 Å². The van der Waals surface area contributed by atoms with Crippen molar-refractivity contribution in [1.82, 2.24) is 10.3 Å². The van der Waals surface area contributed by atoms with Gasteiger partial charge in [0.1, 0.15) is 33.8 Å². The molecule has 0 fully saturated rings. The molecule has 3 N–H and O–H groups in total. The number of carbonyl (C=O) groups is 2. The fourth-order valence-corrected chi connectivity index (χ4v) is 2.01. The van der Waals surface area contributed by atoms with Crippen LogP contribution >= 0.6 is 0 Å². The summed E-state index contributed by atoms with van der Waals surface area (Å²) < 4.78 is 13.8. The monoisotopic (exact) mass is 314 g/mol. The van der Waals surface area contributed by atoms with Crippen LogP contribution in [0.2, 0.25) is 0 Å². The van der Waals surface area contributed by atoms with Gasteiger partial charge in [-0.2, -0.15) is 0 Å². The van der Waals surface area contributed by atoms with Crippen LogP contribution in [0.5, 0.6) is 5.75 Å². The van der Waals surface area contributed by atoms with Crippen LogP contribution in [0.4, 0.5) is 4.39 Å². The molecule has 6 nitrogen and oxygen atoms in total. The van der Waals surface area contributed by atoms with Crippen molar-refractivity contribution < 1.29 is 24.2 Å². The van der Waals surface area contributed by atoms with Gasteiger partial charge < -0.3 is 15.5 Å². The molecule has 0 spiro atoms. The topological polar surface area (TPSA) is 99.5 Å². The Morgan fingerprint density at radius 2 is 1.91 bits per heavy atom. The molecular weight excluding hydrogens is 301 g/mol. The molecule has 0 atom stereocenters. The van der Waals surface area contributed by atoms with Gasteiger partial charge >= 0.3 is 5.97 Å². The van der Waals surface area contributed by atoms with E-state index in [0.29, 0.717) is 16.6 Å². The molecule has 1 aromatic carbocycles. The maximum Gasteiger partial charge on any atom is 0.322 e. The Balaban J connectivity index is 2.32. The molecule has 0 saturated carbocycles. The second kappa shape index (κ2) is 6.51. The second-order valence-corrected chi connectivity index (χ2v) is 5.07. The summed E-state index contributed by atoms with van der Waals surface area (Å²) in [5, 5.41) is 20.5. The minimum Gasteiger partial charge on any atom is -0.505 e. The van der Waals surface area contributed by atoms with Crippen LogP contribution in [-0.2, 0) is 4.79 Å². The van der Waals surface area contributed by atoms with E-state index in [4.69, 9.17) is 5.11 Å². The van der Waals surface area contributed by atoms with Crippen LogP contribution < -0.4 is 16.2 Å². The summed E-state index contributed by atoms with van der Waals surface area (Å²) >= 11 is 0. The van der Waals surface area contributed by atoms with Crippen molar-refractivity contribution in [3.8, 4) is 16.9 Å². The zero-order valence-corrected chi connectivity index (χ0v) is 12.6. The Morgan fingerprint density at radius 1 is 1.22 bits per heavy atom. The van der Waals surface area contributed by atoms with E-state index in [1.54, 1.807) is 21.8 Å². The molecule has 9 heteroatoms. The lowest BCUT2D eigenvalue weighted by molar-refractivity contribution is -0.135. The summed E-state index contributed by atoms with van der Waals surface area (Å²) in [6, 6.07) is 4.36. The largest absolute Gasteiger partial charge is 0.505 e. The number of benzene rings is 1. The van der Waals surface area contributed by atoms with Crippen molar-refractivity contribution in [2.75, 3.05) is 6.54 Å². The Bertz CT molecular complexity index is 775. The lowest BCUT2D eigenvalue weighted by Crippen LogP contribution is -2.30. The minimum atomic E-state index is -1.21. The molecule has 0 aliphatic carbocycles. The maximum atomic E-state index is 13.8. The van der Waals surface area contributed by atoms with Crippen LogP contribution in [0.1, 0.15) is 10.5 Å². The number of carboxylic acids is 1. The zero-order valence-electron chi connectivity index (χ0n) is 12.6. The summed E-state index contributed by atoms with van der Waals surface area (Å²) in [6.07, 6.45) is 1.32. The number of aromatic nitrogens is 1. The molecule has 0 aliphatic heterocycles. The predicted molar refractivity (Wildman–Crippen MR) is 87.6 cm³/mol. The van der Waals surface area contributed by atoms with Crippen molar-refractivity contribution in [2.24, 2.45) is 0 Å². The number of carboxylic acid groups (broad SMARTS) is 1. The fourth-order valence-electron chi connectivity index (χ4n) is 2.01. The SMILES string of the molecule is Bc1cc(-c2cnc(C(=O)NCC(=O)O)c(O)c2)cc(F)c1B. The van der Waals surface area contributed by atoms with Gasteiger partial charge in [0.25, 0.3) is 5.91 Å². The van der Waals surface area contributed by atoms with Crippen molar-refractivity contribution in [1.29, 1.82) is 0 Å². The number of aromatic hydroxyl groups is 1. The van der Waals surface area contributed by atoms with Crippen molar-refractivity contribution in [2.45, 2.75) is 0 Å². The highest BCUT2D eigenvalue weighted by molar-refractivity contribution is 6.48. The first kappa shape index (κ1) is 16.5. The first-order chi connectivity index (χ1) is 10.8. The van der Waals surface area contributed by atoms with Crippen LogP contribution in [-0.4, -0.2) is 49.3 Å². The van der Waals surface area contributed by atoms with Crippen LogP contribution in [0.25, 0.3) is 11.1 Å². The third kappa shape index (κ3) is 3.68. The van der Waals surface area contributed by atoms with Crippen LogP contribution in [0.3, 0.4) is 0 Å². The molecule has 0 bridgehead atoms. The second-order valence-electron chi connectivity index (χ2n) is 5.07. The number of halogens is 1. The van der Waals surface area contributed by atoms with Crippen LogP contribution in [0, 0.1) is 5.82 Å². The van der Waals surface area contributed by atoms with Gasteiger partial charge in [-0.25, -0.2) is 9.37 Å². The number of pyridine rings is 1. The van der Waals surface area contributed by atoms with E-state index < -0.39 is 24.2 Å². The Kier molecular flexibility index (Phi) is 4.68. The van der Waals surface area contributed by atoms with Crippen LogP contribution in [0.15, 0.2) is 24.4 Å². The molecule has 1 heterocycles. The van der Waals surface area contributed by atoms with Crippen molar-refractivity contribution in [3.05, 3.63) is 35.9 Å². The Labute approximate surface area is 133 Å². The molecule has 1 aromatic heterocycles. The molecule has 0 saturated heterocycles. The maximum absolute atomic E-state index is 13.8. The van der Waals surface area contributed by atoms with Crippen molar-refractivity contribution >= 4 is 38.5 Å². The van der Waals surface area contributed by atoms with Crippen molar-refractivity contribution in [3.63, 3.8) is 0 Å². The minimum absolute atomic E-state index is 0.292. The summed E-state index contributed by atoms with van der Waals surface area (Å²) in [7, 11) is 3.43. The molecule has 1 amide bonds. The summed E-state index contributed by atoms with van der Waals surface area (Å²) in [4.78, 5) is 26.0. The molecule has 116 valence electrons. The van der Waals surface area contributed by atoms with E-state index in [1.165, 1.54) is 18.3 Å². The highest BCUT2D eigenvalue weighted by Crippen LogP contribution is 2.24. The molecule has 0 aliphatic rings. The number of rotatable bonds is 4. The standard InChI is InChI=1S/C14H13B2FN2O4/c15-8-1-6(2-9(17)12(8)16)7-3-10(20)13(18-4-7)14(23)19-5-11(21)22/h1-4,20H,5,15-16H2,(H,19,23)(H,21,22). The lowest BCUT2D eigenvalue weighted by atomic mass is 9.79. The zero-order chi connectivity index (χ0) is 17.1. The summed E-state index contributed by atoms with van der Waals surface area (Å²) in [5.74, 6) is -2.80. The number of amides is 1. The Morgan fingerprint density at radius 3 is 2.48 bits per heavy atom. The molecular formula is C14H13B2FN2O4. The van der Waals surface area contributed by atoms with Gasteiger partial charge in [0.2, 0.25) is 0 Å². The van der Waals surface area contributed by atoms with E-state index in [1.807, 2.05) is 0 Å². The third-order valence-corrected chi connectivity index (χ3v) is 3.42. The fraction of sp³-hybridized carbons (Fsp3) is 0.0714. The van der Waals surface area contributed by atoms with Gasteiger partial charge in [0.05, 0.1) is 0 Å². The number of hydrogen-bond donors (Lipinski definition) is 3. The molecule has 0 radical (unpaired) electrons. The third-order valence-electron chi connectivity index (χ3n) is 3.42. The number of nitrogens with zero attached hydrogens (tertiary/aromatic N) is 1. The van der Waals surface area contributed by atoms with E-state index in [2.05, 4.69) is 10.3 Å². The highest BCUT2D eigenvalue weighted by Gasteiger charge is 2.15. The van der Waals surface area contributed by atoms with E-state index in [-0.39, 0.29) is 11.5 Å². The first-order valence-corrected chi connectivity index (χ1v) is 6.75. The van der Waals surface area contributed by atoms with Gasteiger partial charge in [-0.1, -0.05) is 17.0 Å². The predicted octanol–water partition coefficient (Wildman–Crippen LogP) is -2.08. The summed E-state index contributed by atoms with van der Waals surface area (Å²) in [5.41, 5.74) is 1.96. The van der Waals surface area contributed by atoms with Gasteiger partial charge in [-0.05, 0) is 17.7 Å². The average molecular weight is 314 g/mol. The highest BCUT2D eigenvalue weighted by atomic mass is 19.1. The number of carbonyl (C=O) groups excluding carboxylic acids is 1. The normalized spacial score (nSPS) is 10.3. The smallest absolute Gasteiger partial charge is 0.322 e. The average Bonchev–Trinajstić information content (AvgIpc) is 2.49. The van der Waals surface area contributed by atoms with Gasteiger partial charge in [0.15, 0.2) is 5.69 Å². The summed E-state index contributed by atoms with van der Waals surface area (Å²) in [6.45, 7) is -0.579. The number of hydrogen-bond acceptors (Lipinski definition) is 4. The molecule has 2 aromatic rings. The van der Waals surface area contributed by atoms with Gasteiger partial charge in [-0.3, -0.25) is 9.59 Å². The Hall–Kier alpha value is -2.83. The molecule has 0 unspecified atom stereocenters. The van der Waals surface area contributed by atoms with E-state index in [0.717, 1.165) is 5.46 Å².